The highest BCUT2D eigenvalue weighted by Crippen LogP contribution is 2.39. The second-order valence-corrected chi connectivity index (χ2v) is 9.08. The maximum Gasteiger partial charge on any atom is 0.278 e. The molecule has 2 aliphatic heterocycles. The highest BCUT2D eigenvalue weighted by atomic mass is 16.5. The Balaban J connectivity index is 1.79. The molecule has 0 radical (unpaired) electrons. The number of carbonyl (C=O) groups excluding carboxylic acids is 2. The normalized spacial score (nSPS) is 25.4. The van der Waals surface area contributed by atoms with Gasteiger partial charge in [-0.25, -0.2) is 0 Å². The van der Waals surface area contributed by atoms with Gasteiger partial charge in [-0.15, -0.1) is 0 Å². The first kappa shape index (κ1) is 22.6. The zero-order valence-electron chi connectivity index (χ0n) is 19.6. The van der Waals surface area contributed by atoms with E-state index < -0.39 is 0 Å². The van der Waals surface area contributed by atoms with Crippen LogP contribution in [-0.4, -0.2) is 67.2 Å². The van der Waals surface area contributed by atoms with Gasteiger partial charge in [-0.3, -0.25) is 14.5 Å². The number of imide groups is 1. The number of nitrogens with zero attached hydrogens (tertiary/aromatic N) is 2. The topological polar surface area (TPSA) is 68.3 Å². The number of ether oxygens (including phenoxy) is 3. The molecule has 7 nitrogen and oxygen atoms in total. The molecule has 2 fully saturated rings. The minimum Gasteiger partial charge on any atom is -0.493 e. The molecule has 3 aliphatic rings. The van der Waals surface area contributed by atoms with Crippen LogP contribution in [0.1, 0.15) is 57.9 Å². The number of morpholine rings is 1. The molecule has 1 saturated carbocycles. The minimum atomic E-state index is -0.198. The van der Waals surface area contributed by atoms with Crippen molar-refractivity contribution in [2.24, 2.45) is 0 Å². The Hall–Kier alpha value is -2.54. The standard InChI is InChI=1S/C25H34N2O5/c1-16-14-26(15-17(2)32-16)23-22(18-11-12-20(30-3)21(13-18)31-4)24(28)27(25(23)29)19-9-7-5-6-8-10-19/h11-13,16-17,19H,5-10,14-15H2,1-4H3. The van der Waals surface area contributed by atoms with Crippen molar-refractivity contribution in [2.45, 2.75) is 70.6 Å². The monoisotopic (exact) mass is 442 g/mol. The van der Waals surface area contributed by atoms with E-state index in [0.717, 1.165) is 38.5 Å². The summed E-state index contributed by atoms with van der Waals surface area (Å²) in [5.74, 6) is 0.752. The number of benzene rings is 1. The van der Waals surface area contributed by atoms with E-state index in [1.807, 2.05) is 24.8 Å². The predicted molar refractivity (Wildman–Crippen MR) is 121 cm³/mol. The van der Waals surface area contributed by atoms with Crippen LogP contribution in [0.15, 0.2) is 23.9 Å². The van der Waals surface area contributed by atoms with Gasteiger partial charge in [0, 0.05) is 19.1 Å². The van der Waals surface area contributed by atoms with E-state index in [4.69, 9.17) is 14.2 Å². The number of carbonyl (C=O) groups is 2. The van der Waals surface area contributed by atoms with E-state index >= 15 is 0 Å². The third-order valence-electron chi connectivity index (χ3n) is 6.69. The summed E-state index contributed by atoms with van der Waals surface area (Å²) in [5.41, 5.74) is 1.63. The third-order valence-corrected chi connectivity index (χ3v) is 6.69. The molecule has 2 unspecified atom stereocenters. The summed E-state index contributed by atoms with van der Waals surface area (Å²) in [7, 11) is 3.15. The van der Waals surface area contributed by atoms with Gasteiger partial charge in [0.05, 0.1) is 32.0 Å². The highest BCUT2D eigenvalue weighted by molar-refractivity contribution is 6.35. The first-order chi connectivity index (χ1) is 15.4. The predicted octanol–water partition coefficient (Wildman–Crippen LogP) is 3.62. The smallest absolute Gasteiger partial charge is 0.278 e. The van der Waals surface area contributed by atoms with Crippen LogP contribution >= 0.6 is 0 Å². The van der Waals surface area contributed by atoms with Crippen LogP contribution in [0, 0.1) is 0 Å². The Morgan fingerprint density at radius 2 is 1.50 bits per heavy atom. The Bertz CT molecular complexity index is 894. The molecule has 2 atom stereocenters. The second-order valence-electron chi connectivity index (χ2n) is 9.08. The van der Waals surface area contributed by atoms with Crippen molar-refractivity contribution in [1.29, 1.82) is 0 Å². The molecule has 2 heterocycles. The molecule has 0 aromatic heterocycles. The quantitative estimate of drug-likeness (QED) is 0.513. The van der Waals surface area contributed by atoms with Gasteiger partial charge < -0.3 is 19.1 Å². The lowest BCUT2D eigenvalue weighted by molar-refractivity contribution is -0.141. The lowest BCUT2D eigenvalue weighted by atomic mass is 10.0. The average molecular weight is 443 g/mol. The van der Waals surface area contributed by atoms with Crippen molar-refractivity contribution in [2.75, 3.05) is 27.3 Å². The number of amides is 2. The molecule has 32 heavy (non-hydrogen) atoms. The lowest BCUT2D eigenvalue weighted by Gasteiger charge is -2.37. The number of hydrogen-bond acceptors (Lipinski definition) is 6. The van der Waals surface area contributed by atoms with E-state index in [-0.39, 0.29) is 30.1 Å². The van der Waals surface area contributed by atoms with Crippen molar-refractivity contribution < 1.29 is 23.8 Å². The van der Waals surface area contributed by atoms with Gasteiger partial charge in [0.2, 0.25) is 0 Å². The fourth-order valence-electron chi connectivity index (χ4n) is 5.29. The van der Waals surface area contributed by atoms with Crippen LogP contribution in [-0.2, 0) is 14.3 Å². The van der Waals surface area contributed by atoms with Gasteiger partial charge in [-0.05, 0) is 44.4 Å². The lowest BCUT2D eigenvalue weighted by Crippen LogP contribution is -2.48. The largest absolute Gasteiger partial charge is 0.493 e. The van der Waals surface area contributed by atoms with E-state index in [1.54, 1.807) is 26.4 Å². The summed E-state index contributed by atoms with van der Waals surface area (Å²) in [6, 6.07) is 5.38. The molecule has 1 aromatic carbocycles. The molecule has 0 spiro atoms. The van der Waals surface area contributed by atoms with Crippen molar-refractivity contribution in [3.8, 4) is 11.5 Å². The van der Waals surface area contributed by atoms with Gasteiger partial charge in [-0.1, -0.05) is 31.7 Å². The van der Waals surface area contributed by atoms with Crippen LogP contribution in [0.4, 0.5) is 0 Å². The van der Waals surface area contributed by atoms with Crippen LogP contribution < -0.4 is 9.47 Å². The molecule has 2 amide bonds. The Kier molecular flexibility index (Phi) is 6.74. The van der Waals surface area contributed by atoms with E-state index in [1.165, 1.54) is 4.90 Å². The molecular formula is C25H34N2O5. The van der Waals surface area contributed by atoms with E-state index in [0.29, 0.717) is 41.4 Å². The van der Waals surface area contributed by atoms with Crippen LogP contribution in [0.2, 0.25) is 0 Å². The van der Waals surface area contributed by atoms with Crippen molar-refractivity contribution in [1.82, 2.24) is 9.80 Å². The summed E-state index contributed by atoms with van der Waals surface area (Å²) < 4.78 is 16.7. The molecule has 7 heteroatoms. The molecule has 0 bridgehead atoms. The molecule has 1 aromatic rings. The molecule has 4 rings (SSSR count). The molecular weight excluding hydrogens is 408 g/mol. The summed E-state index contributed by atoms with van der Waals surface area (Å²) in [4.78, 5) is 31.2. The Labute approximate surface area is 190 Å². The van der Waals surface area contributed by atoms with Crippen LogP contribution in [0.25, 0.3) is 5.57 Å². The summed E-state index contributed by atoms with van der Waals surface area (Å²) >= 11 is 0. The third kappa shape index (κ3) is 4.22. The van der Waals surface area contributed by atoms with Gasteiger partial charge in [-0.2, -0.15) is 0 Å². The average Bonchev–Trinajstić information content (AvgIpc) is 2.92. The number of rotatable bonds is 5. The maximum atomic E-state index is 13.8. The molecule has 0 N–H and O–H groups in total. The first-order valence-corrected chi connectivity index (χ1v) is 11.7. The maximum absolute atomic E-state index is 13.8. The summed E-state index contributed by atoms with van der Waals surface area (Å²) in [6.45, 7) is 5.16. The van der Waals surface area contributed by atoms with Crippen LogP contribution in [0.5, 0.6) is 11.5 Å². The van der Waals surface area contributed by atoms with Gasteiger partial charge in [0.15, 0.2) is 11.5 Å². The highest BCUT2D eigenvalue weighted by Gasteiger charge is 2.46. The van der Waals surface area contributed by atoms with E-state index in [9.17, 15) is 9.59 Å². The Morgan fingerprint density at radius 1 is 0.875 bits per heavy atom. The molecule has 1 aliphatic carbocycles. The first-order valence-electron chi connectivity index (χ1n) is 11.7. The van der Waals surface area contributed by atoms with E-state index in [2.05, 4.69) is 0 Å². The van der Waals surface area contributed by atoms with Crippen molar-refractivity contribution >= 4 is 17.4 Å². The number of methoxy groups -OCH3 is 2. The van der Waals surface area contributed by atoms with Gasteiger partial charge in [0.1, 0.15) is 5.70 Å². The van der Waals surface area contributed by atoms with Crippen LogP contribution in [0.3, 0.4) is 0 Å². The summed E-state index contributed by atoms with van der Waals surface area (Å²) in [5, 5.41) is 0. The zero-order valence-corrected chi connectivity index (χ0v) is 19.6. The minimum absolute atomic E-state index is 0.0206. The molecule has 1 saturated heterocycles. The zero-order chi connectivity index (χ0) is 22.8. The number of hydrogen-bond donors (Lipinski definition) is 0. The molecule has 174 valence electrons. The van der Waals surface area contributed by atoms with Gasteiger partial charge >= 0.3 is 0 Å². The fourth-order valence-corrected chi connectivity index (χ4v) is 5.29. The van der Waals surface area contributed by atoms with Gasteiger partial charge in [0.25, 0.3) is 11.8 Å². The summed E-state index contributed by atoms with van der Waals surface area (Å²) in [6.07, 6.45) is 6.13. The van der Waals surface area contributed by atoms with Crippen molar-refractivity contribution in [3.05, 3.63) is 29.5 Å². The second kappa shape index (κ2) is 9.53. The van der Waals surface area contributed by atoms with Crippen molar-refractivity contribution in [3.63, 3.8) is 0 Å². The Morgan fingerprint density at radius 3 is 2.09 bits per heavy atom. The SMILES string of the molecule is COc1ccc(C2=C(N3CC(C)OC(C)C3)C(=O)N(C3CCCCCC3)C2=O)cc1OC. The fraction of sp³-hybridized carbons (Fsp3) is 0.600.